The van der Waals surface area contributed by atoms with Gasteiger partial charge < -0.3 is 19.9 Å². The largest absolute Gasteiger partial charge is 0.489 e. The van der Waals surface area contributed by atoms with Gasteiger partial charge in [-0.25, -0.2) is 0 Å². The zero-order chi connectivity index (χ0) is 16.6. The Morgan fingerprint density at radius 1 is 1.09 bits per heavy atom. The van der Waals surface area contributed by atoms with Gasteiger partial charge in [-0.1, -0.05) is 25.3 Å². The quantitative estimate of drug-likeness (QED) is 0.688. The highest BCUT2D eigenvalue weighted by atomic mass is 16.5. The molecule has 0 saturated heterocycles. The molecule has 1 aromatic rings. The Balaban J connectivity index is 2.89. The van der Waals surface area contributed by atoms with Crippen LogP contribution in [0.3, 0.4) is 0 Å². The molecule has 0 aromatic heterocycles. The van der Waals surface area contributed by atoms with E-state index >= 15 is 0 Å². The summed E-state index contributed by atoms with van der Waals surface area (Å²) in [6.07, 6.45) is 2.71. The van der Waals surface area contributed by atoms with E-state index in [-0.39, 0.29) is 5.54 Å². The van der Waals surface area contributed by atoms with Crippen molar-refractivity contribution < 1.29 is 14.6 Å². The molecule has 0 bridgehead atoms. The van der Waals surface area contributed by atoms with Crippen molar-refractivity contribution in [1.82, 2.24) is 5.32 Å². The number of hydrogen-bond donors (Lipinski definition) is 2. The van der Waals surface area contributed by atoms with Crippen molar-refractivity contribution in [3.8, 4) is 11.5 Å². The van der Waals surface area contributed by atoms with Gasteiger partial charge in [0, 0.05) is 18.2 Å². The molecule has 0 heterocycles. The second-order valence-electron chi connectivity index (χ2n) is 6.08. The molecule has 0 amide bonds. The SMILES string of the molecule is C=CCOc1cc(OCC=C)cc([C@@H](O)CNC(C)(C)C)c1. The standard InChI is InChI=1S/C18H27NO3/c1-6-8-21-15-10-14(11-16(12-15)22-9-7-2)17(20)13-19-18(3,4)5/h6-7,10-12,17,19-20H,1-2,8-9,13H2,3-5H3/t17-/m0/s1. The van der Waals surface area contributed by atoms with E-state index in [1.807, 2.05) is 12.1 Å². The lowest BCUT2D eigenvalue weighted by molar-refractivity contribution is 0.162. The molecule has 122 valence electrons. The molecule has 4 heteroatoms. The van der Waals surface area contributed by atoms with Crippen molar-refractivity contribution in [2.75, 3.05) is 19.8 Å². The predicted molar refractivity (Wildman–Crippen MR) is 90.5 cm³/mol. The lowest BCUT2D eigenvalue weighted by atomic mass is 10.1. The summed E-state index contributed by atoms with van der Waals surface area (Å²) in [6, 6.07) is 5.43. The van der Waals surface area contributed by atoms with Crippen LogP contribution in [0.15, 0.2) is 43.5 Å². The number of nitrogens with one attached hydrogen (secondary N) is 1. The number of ether oxygens (including phenoxy) is 2. The van der Waals surface area contributed by atoms with E-state index in [1.54, 1.807) is 18.2 Å². The van der Waals surface area contributed by atoms with Crippen LogP contribution in [0.5, 0.6) is 11.5 Å². The maximum Gasteiger partial charge on any atom is 0.123 e. The third-order valence-corrected chi connectivity index (χ3v) is 2.85. The van der Waals surface area contributed by atoms with E-state index in [0.717, 1.165) is 5.56 Å². The highest BCUT2D eigenvalue weighted by Crippen LogP contribution is 2.27. The molecule has 2 N–H and O–H groups in total. The summed E-state index contributed by atoms with van der Waals surface area (Å²) >= 11 is 0. The number of rotatable bonds is 9. The normalized spacial score (nSPS) is 12.5. The van der Waals surface area contributed by atoms with Gasteiger partial charge in [0.1, 0.15) is 24.7 Å². The molecule has 0 spiro atoms. The Bertz CT molecular complexity index is 461. The minimum atomic E-state index is -0.641. The van der Waals surface area contributed by atoms with Crippen LogP contribution in [0.25, 0.3) is 0 Å². The first kappa shape index (κ1) is 18.3. The van der Waals surface area contributed by atoms with Crippen LogP contribution in [-0.2, 0) is 0 Å². The highest BCUT2D eigenvalue weighted by molar-refractivity contribution is 5.39. The first-order valence-corrected chi connectivity index (χ1v) is 7.41. The van der Waals surface area contributed by atoms with Crippen LogP contribution in [0.1, 0.15) is 32.4 Å². The number of hydrogen-bond acceptors (Lipinski definition) is 4. The molecule has 0 aliphatic carbocycles. The van der Waals surface area contributed by atoms with Gasteiger partial charge in [0.25, 0.3) is 0 Å². The van der Waals surface area contributed by atoms with E-state index < -0.39 is 6.10 Å². The Morgan fingerprint density at radius 2 is 1.59 bits per heavy atom. The topological polar surface area (TPSA) is 50.7 Å². The third-order valence-electron chi connectivity index (χ3n) is 2.85. The van der Waals surface area contributed by atoms with Crippen LogP contribution in [0.2, 0.25) is 0 Å². The highest BCUT2D eigenvalue weighted by Gasteiger charge is 2.15. The molecule has 0 aliphatic rings. The van der Waals surface area contributed by atoms with Gasteiger partial charge in [-0.3, -0.25) is 0 Å². The molecule has 22 heavy (non-hydrogen) atoms. The number of aliphatic hydroxyl groups is 1. The monoisotopic (exact) mass is 305 g/mol. The molecule has 4 nitrogen and oxygen atoms in total. The minimum absolute atomic E-state index is 0.0555. The van der Waals surface area contributed by atoms with E-state index in [4.69, 9.17) is 9.47 Å². The lowest BCUT2D eigenvalue weighted by Crippen LogP contribution is -2.38. The van der Waals surface area contributed by atoms with Gasteiger partial charge in [-0.05, 0) is 38.5 Å². The molecule has 0 fully saturated rings. The summed E-state index contributed by atoms with van der Waals surface area (Å²) in [5.74, 6) is 1.29. The Hall–Kier alpha value is -1.78. The fourth-order valence-electron chi connectivity index (χ4n) is 1.78. The minimum Gasteiger partial charge on any atom is -0.489 e. The average molecular weight is 305 g/mol. The molecule has 0 aliphatic heterocycles. The van der Waals surface area contributed by atoms with Crippen molar-refractivity contribution in [2.45, 2.75) is 32.4 Å². The Labute approximate surface area is 133 Å². The van der Waals surface area contributed by atoms with Crippen molar-refractivity contribution in [1.29, 1.82) is 0 Å². The van der Waals surface area contributed by atoms with E-state index in [0.29, 0.717) is 31.3 Å². The summed E-state index contributed by atoms with van der Waals surface area (Å²) in [5.41, 5.74) is 0.692. The molecule has 0 saturated carbocycles. The van der Waals surface area contributed by atoms with E-state index in [2.05, 4.69) is 39.2 Å². The van der Waals surface area contributed by atoms with Crippen molar-refractivity contribution in [3.63, 3.8) is 0 Å². The molecular formula is C18H27NO3. The smallest absolute Gasteiger partial charge is 0.123 e. The predicted octanol–water partition coefficient (Wildman–Crippen LogP) is 3.24. The Morgan fingerprint density at radius 3 is 2.00 bits per heavy atom. The molecule has 1 atom stereocenters. The zero-order valence-corrected chi connectivity index (χ0v) is 13.8. The summed E-state index contributed by atoms with van der Waals surface area (Å²) in [6.45, 7) is 14.7. The molecule has 0 radical (unpaired) electrons. The van der Waals surface area contributed by atoms with Gasteiger partial charge in [-0.15, -0.1) is 0 Å². The van der Waals surface area contributed by atoms with Crippen molar-refractivity contribution >= 4 is 0 Å². The van der Waals surface area contributed by atoms with E-state index in [1.165, 1.54) is 0 Å². The lowest BCUT2D eigenvalue weighted by Gasteiger charge is -2.23. The maximum absolute atomic E-state index is 10.4. The first-order valence-electron chi connectivity index (χ1n) is 7.41. The zero-order valence-electron chi connectivity index (χ0n) is 13.8. The summed E-state index contributed by atoms with van der Waals surface area (Å²) in [5, 5.41) is 13.7. The summed E-state index contributed by atoms with van der Waals surface area (Å²) in [7, 11) is 0. The number of aliphatic hydroxyl groups excluding tert-OH is 1. The average Bonchev–Trinajstić information content (AvgIpc) is 2.47. The fraction of sp³-hybridized carbons (Fsp3) is 0.444. The third kappa shape index (κ3) is 6.78. The molecule has 1 rings (SSSR count). The molecular weight excluding hydrogens is 278 g/mol. The maximum atomic E-state index is 10.4. The second-order valence-corrected chi connectivity index (χ2v) is 6.08. The van der Waals surface area contributed by atoms with Gasteiger partial charge >= 0.3 is 0 Å². The summed E-state index contributed by atoms with van der Waals surface area (Å²) < 4.78 is 11.1. The van der Waals surface area contributed by atoms with Crippen LogP contribution in [0, 0.1) is 0 Å². The van der Waals surface area contributed by atoms with Crippen molar-refractivity contribution in [3.05, 3.63) is 49.1 Å². The van der Waals surface area contributed by atoms with Gasteiger partial charge in [0.2, 0.25) is 0 Å². The van der Waals surface area contributed by atoms with E-state index in [9.17, 15) is 5.11 Å². The van der Waals surface area contributed by atoms with Crippen molar-refractivity contribution in [2.24, 2.45) is 0 Å². The van der Waals surface area contributed by atoms with Crippen LogP contribution in [0.4, 0.5) is 0 Å². The first-order chi connectivity index (χ1) is 10.4. The van der Waals surface area contributed by atoms with Gasteiger partial charge in [-0.2, -0.15) is 0 Å². The van der Waals surface area contributed by atoms with Crippen LogP contribution in [-0.4, -0.2) is 30.4 Å². The fourth-order valence-corrected chi connectivity index (χ4v) is 1.78. The van der Waals surface area contributed by atoms with Gasteiger partial charge in [0.15, 0.2) is 0 Å². The number of benzene rings is 1. The van der Waals surface area contributed by atoms with Crippen LogP contribution >= 0.6 is 0 Å². The number of β-amino-alcohol motifs (C(OH)–C–C–N with tert-alkyl or cyclic N) is 1. The molecule has 0 unspecified atom stereocenters. The Kier molecular flexibility index (Phi) is 7.15. The second kappa shape index (κ2) is 8.61. The van der Waals surface area contributed by atoms with Crippen LogP contribution < -0.4 is 14.8 Å². The molecule has 1 aromatic carbocycles. The van der Waals surface area contributed by atoms with Gasteiger partial charge in [0.05, 0.1) is 6.10 Å². The summed E-state index contributed by atoms with van der Waals surface area (Å²) in [4.78, 5) is 0.